The summed E-state index contributed by atoms with van der Waals surface area (Å²) in [6, 6.07) is 14.7. The van der Waals surface area contributed by atoms with Crippen molar-refractivity contribution in [3.63, 3.8) is 0 Å². The van der Waals surface area contributed by atoms with E-state index in [1.165, 1.54) is 11.1 Å². The molecule has 2 heterocycles. The number of aromatic nitrogens is 2. The van der Waals surface area contributed by atoms with Gasteiger partial charge >= 0.3 is 0 Å². The summed E-state index contributed by atoms with van der Waals surface area (Å²) in [7, 11) is 0. The first-order valence-electron chi connectivity index (χ1n) is 9.67. The molecule has 0 fully saturated rings. The number of pyridine rings is 1. The van der Waals surface area contributed by atoms with Crippen LogP contribution < -0.4 is 10.6 Å². The highest BCUT2D eigenvalue weighted by Gasteiger charge is 2.06. The van der Waals surface area contributed by atoms with Crippen molar-refractivity contribution >= 4 is 35.6 Å². The number of rotatable bonds is 7. The van der Waals surface area contributed by atoms with Crippen LogP contribution in [-0.4, -0.2) is 35.0 Å². The van der Waals surface area contributed by atoms with Crippen LogP contribution in [0.1, 0.15) is 36.6 Å². The van der Waals surface area contributed by atoms with Crippen molar-refractivity contribution in [1.29, 1.82) is 0 Å². The summed E-state index contributed by atoms with van der Waals surface area (Å²) in [6.45, 7) is 8.79. The summed E-state index contributed by atoms with van der Waals surface area (Å²) in [5.74, 6) is 1.25. The second kappa shape index (κ2) is 11.0. The number of imidazole rings is 1. The molecule has 0 spiro atoms. The molecule has 3 aromatic rings. The summed E-state index contributed by atoms with van der Waals surface area (Å²) < 4.78 is 2.09. The topological polar surface area (TPSA) is 53.7 Å². The lowest BCUT2D eigenvalue weighted by Gasteiger charge is -2.13. The molecular weight excluding hydrogens is 461 g/mol. The Labute approximate surface area is 184 Å². The molecule has 0 saturated heterocycles. The van der Waals surface area contributed by atoms with E-state index in [2.05, 4.69) is 78.4 Å². The Balaban J connectivity index is 0.00000280. The maximum absolute atomic E-state index is 4.75. The van der Waals surface area contributed by atoms with E-state index in [1.807, 2.05) is 12.3 Å². The third kappa shape index (κ3) is 5.95. The minimum Gasteiger partial charge on any atom is -0.357 e. The molecule has 150 valence electrons. The molecule has 0 aliphatic rings. The third-order valence-corrected chi connectivity index (χ3v) is 4.64. The Morgan fingerprint density at radius 3 is 2.64 bits per heavy atom. The first kappa shape index (κ1) is 22.2. The van der Waals surface area contributed by atoms with Gasteiger partial charge in [0.15, 0.2) is 5.96 Å². The highest BCUT2D eigenvalue weighted by Crippen LogP contribution is 2.14. The Morgan fingerprint density at radius 1 is 1.14 bits per heavy atom. The zero-order valence-electron chi connectivity index (χ0n) is 16.9. The molecule has 28 heavy (non-hydrogen) atoms. The van der Waals surface area contributed by atoms with Gasteiger partial charge in [0.2, 0.25) is 0 Å². The number of nitrogens with zero attached hydrogens (tertiary/aromatic N) is 3. The SMILES string of the molecule is CCNC(=NCC(C)c1ccccc1)NCCc1cn2cccc(C)c2n1.I. The molecule has 0 bridgehead atoms. The summed E-state index contributed by atoms with van der Waals surface area (Å²) >= 11 is 0. The van der Waals surface area contributed by atoms with Crippen molar-refractivity contribution in [2.75, 3.05) is 19.6 Å². The number of aryl methyl sites for hydroxylation is 1. The highest BCUT2D eigenvalue weighted by atomic mass is 127. The molecule has 2 N–H and O–H groups in total. The van der Waals surface area contributed by atoms with Crippen LogP contribution in [0.5, 0.6) is 0 Å². The van der Waals surface area contributed by atoms with Gasteiger partial charge in [-0.05, 0) is 31.0 Å². The standard InChI is InChI=1S/C22H29N5.HI/c1-4-23-22(25-15-18(3)19-10-6-5-7-11-19)24-13-12-20-16-27-14-8-9-17(2)21(27)26-20;/h5-11,14,16,18H,4,12-13,15H2,1-3H3,(H2,23,24,25);1H. The molecule has 1 unspecified atom stereocenters. The van der Waals surface area contributed by atoms with Gasteiger partial charge in [0.25, 0.3) is 0 Å². The molecule has 0 aliphatic heterocycles. The van der Waals surface area contributed by atoms with Crippen LogP contribution >= 0.6 is 24.0 Å². The van der Waals surface area contributed by atoms with E-state index in [1.54, 1.807) is 0 Å². The first-order valence-corrected chi connectivity index (χ1v) is 9.67. The Bertz CT molecular complexity index is 888. The number of aliphatic imine (C=N–C) groups is 1. The lowest BCUT2D eigenvalue weighted by Crippen LogP contribution is -2.38. The van der Waals surface area contributed by atoms with Gasteiger partial charge in [-0.2, -0.15) is 0 Å². The number of guanidine groups is 1. The predicted molar refractivity (Wildman–Crippen MR) is 128 cm³/mol. The second-order valence-electron chi connectivity index (χ2n) is 6.86. The van der Waals surface area contributed by atoms with Gasteiger partial charge in [-0.1, -0.05) is 43.3 Å². The highest BCUT2D eigenvalue weighted by molar-refractivity contribution is 14.0. The summed E-state index contributed by atoms with van der Waals surface area (Å²) in [5, 5.41) is 6.75. The van der Waals surface area contributed by atoms with Crippen LogP contribution in [-0.2, 0) is 6.42 Å². The van der Waals surface area contributed by atoms with Crippen molar-refractivity contribution in [3.05, 3.63) is 71.7 Å². The van der Waals surface area contributed by atoms with Gasteiger partial charge in [-0.15, -0.1) is 24.0 Å². The van der Waals surface area contributed by atoms with Gasteiger partial charge in [0.05, 0.1) is 5.69 Å². The van der Waals surface area contributed by atoms with Crippen LogP contribution in [0.3, 0.4) is 0 Å². The van der Waals surface area contributed by atoms with Crippen LogP contribution in [0.4, 0.5) is 0 Å². The molecule has 0 aliphatic carbocycles. The van der Waals surface area contributed by atoms with Crippen molar-refractivity contribution in [2.24, 2.45) is 4.99 Å². The maximum atomic E-state index is 4.75. The van der Waals surface area contributed by atoms with Crippen LogP contribution in [0.2, 0.25) is 0 Å². The van der Waals surface area contributed by atoms with Gasteiger partial charge in [0, 0.05) is 44.4 Å². The van der Waals surface area contributed by atoms with E-state index in [-0.39, 0.29) is 24.0 Å². The molecule has 5 nitrogen and oxygen atoms in total. The monoisotopic (exact) mass is 491 g/mol. The zero-order chi connectivity index (χ0) is 19.1. The van der Waals surface area contributed by atoms with Gasteiger partial charge < -0.3 is 15.0 Å². The minimum atomic E-state index is 0. The zero-order valence-corrected chi connectivity index (χ0v) is 19.2. The molecule has 1 atom stereocenters. The second-order valence-corrected chi connectivity index (χ2v) is 6.86. The fourth-order valence-corrected chi connectivity index (χ4v) is 3.09. The van der Waals surface area contributed by atoms with Gasteiger partial charge in [-0.3, -0.25) is 4.99 Å². The predicted octanol–water partition coefficient (Wildman–Crippen LogP) is 4.16. The van der Waals surface area contributed by atoms with Crippen LogP contribution in [0, 0.1) is 6.92 Å². The van der Waals surface area contributed by atoms with Gasteiger partial charge in [-0.25, -0.2) is 4.98 Å². The van der Waals surface area contributed by atoms with Crippen LogP contribution in [0.25, 0.3) is 5.65 Å². The maximum Gasteiger partial charge on any atom is 0.191 e. The molecule has 0 radical (unpaired) electrons. The number of hydrogen-bond donors (Lipinski definition) is 2. The van der Waals surface area contributed by atoms with E-state index >= 15 is 0 Å². The largest absolute Gasteiger partial charge is 0.357 e. The van der Waals surface area contributed by atoms with Crippen molar-refractivity contribution in [3.8, 4) is 0 Å². The van der Waals surface area contributed by atoms with E-state index in [0.29, 0.717) is 5.92 Å². The quantitative estimate of drug-likeness (QED) is 0.297. The van der Waals surface area contributed by atoms with Crippen molar-refractivity contribution in [2.45, 2.75) is 33.1 Å². The smallest absolute Gasteiger partial charge is 0.191 e. The Kier molecular flexibility index (Phi) is 8.76. The van der Waals surface area contributed by atoms with Crippen molar-refractivity contribution < 1.29 is 0 Å². The summed E-state index contributed by atoms with van der Waals surface area (Å²) in [6.07, 6.45) is 5.01. The molecule has 0 amide bonds. The Morgan fingerprint density at radius 2 is 1.93 bits per heavy atom. The van der Waals surface area contributed by atoms with E-state index < -0.39 is 0 Å². The lowest BCUT2D eigenvalue weighted by molar-refractivity contribution is 0.744. The molecule has 2 aromatic heterocycles. The summed E-state index contributed by atoms with van der Waals surface area (Å²) in [5.41, 5.74) is 4.63. The molecule has 0 saturated carbocycles. The summed E-state index contributed by atoms with van der Waals surface area (Å²) in [4.78, 5) is 9.48. The van der Waals surface area contributed by atoms with E-state index in [0.717, 1.165) is 43.4 Å². The number of hydrogen-bond acceptors (Lipinski definition) is 2. The molecule has 1 aromatic carbocycles. The number of halogens is 1. The normalized spacial score (nSPS) is 12.5. The number of benzene rings is 1. The van der Waals surface area contributed by atoms with Crippen LogP contribution in [0.15, 0.2) is 59.9 Å². The third-order valence-electron chi connectivity index (χ3n) is 4.64. The van der Waals surface area contributed by atoms with Crippen molar-refractivity contribution in [1.82, 2.24) is 20.0 Å². The number of fused-ring (bicyclic) bond motifs is 1. The fraction of sp³-hybridized carbons (Fsp3) is 0.364. The van der Waals surface area contributed by atoms with Gasteiger partial charge in [0.1, 0.15) is 5.65 Å². The average molecular weight is 491 g/mol. The lowest BCUT2D eigenvalue weighted by atomic mass is 10.0. The average Bonchev–Trinajstić information content (AvgIpc) is 3.11. The Hall–Kier alpha value is -2.09. The van der Waals surface area contributed by atoms with E-state index in [4.69, 9.17) is 9.98 Å². The fourth-order valence-electron chi connectivity index (χ4n) is 3.09. The molecular formula is C22H30IN5. The molecule has 3 rings (SSSR count). The molecule has 6 heteroatoms. The minimum absolute atomic E-state index is 0. The number of nitrogens with one attached hydrogen (secondary N) is 2. The van der Waals surface area contributed by atoms with E-state index in [9.17, 15) is 0 Å². The first-order chi connectivity index (χ1) is 13.2.